The molecule has 0 heterocycles. The molecule has 18 heavy (non-hydrogen) atoms. The lowest BCUT2D eigenvalue weighted by molar-refractivity contribution is -0.141. The summed E-state index contributed by atoms with van der Waals surface area (Å²) >= 11 is 0. The molecular weight excluding hydrogens is 226 g/mol. The quantitative estimate of drug-likeness (QED) is 0.807. The van der Waals surface area contributed by atoms with Crippen molar-refractivity contribution < 1.29 is 9.90 Å². The number of carbonyl (C=O) groups is 1. The Morgan fingerprint density at radius 3 is 2.33 bits per heavy atom. The van der Waals surface area contributed by atoms with Crippen LogP contribution < -0.4 is 0 Å². The van der Waals surface area contributed by atoms with Crippen molar-refractivity contribution in [1.29, 1.82) is 0 Å². The first-order valence-electron chi connectivity index (χ1n) is 6.51. The van der Waals surface area contributed by atoms with Crippen LogP contribution in [0.2, 0.25) is 0 Å². The van der Waals surface area contributed by atoms with Crippen molar-refractivity contribution in [1.82, 2.24) is 4.90 Å². The molecule has 0 aliphatic rings. The van der Waals surface area contributed by atoms with E-state index in [1.54, 1.807) is 6.92 Å². The van der Waals surface area contributed by atoms with Gasteiger partial charge in [-0.05, 0) is 25.8 Å². The summed E-state index contributed by atoms with van der Waals surface area (Å²) in [6.45, 7) is 7.50. The standard InChI is InChI=1S/C15H23NO2/c1-12(2)16(11-13(3)15(17)18)10-9-14-7-5-4-6-8-14/h4-8,12-13H,9-11H2,1-3H3,(H,17,18). The van der Waals surface area contributed by atoms with Gasteiger partial charge in [-0.15, -0.1) is 0 Å². The number of carboxylic acids is 1. The summed E-state index contributed by atoms with van der Waals surface area (Å²) in [6.07, 6.45) is 0.964. The van der Waals surface area contributed by atoms with Crippen molar-refractivity contribution in [2.75, 3.05) is 13.1 Å². The molecule has 0 aliphatic heterocycles. The van der Waals surface area contributed by atoms with Gasteiger partial charge in [0.05, 0.1) is 5.92 Å². The van der Waals surface area contributed by atoms with E-state index in [4.69, 9.17) is 5.11 Å². The highest BCUT2D eigenvalue weighted by atomic mass is 16.4. The molecule has 0 bridgehead atoms. The van der Waals surface area contributed by atoms with E-state index in [0.717, 1.165) is 13.0 Å². The molecule has 1 atom stereocenters. The molecule has 3 heteroatoms. The zero-order valence-corrected chi connectivity index (χ0v) is 11.5. The van der Waals surface area contributed by atoms with Crippen LogP contribution >= 0.6 is 0 Å². The van der Waals surface area contributed by atoms with Crippen LogP contribution in [0.4, 0.5) is 0 Å². The third-order valence-electron chi connectivity index (χ3n) is 3.19. The Hall–Kier alpha value is -1.35. The molecule has 0 spiro atoms. The predicted octanol–water partition coefficient (Wildman–Crippen LogP) is 2.66. The molecule has 0 aliphatic carbocycles. The predicted molar refractivity (Wildman–Crippen MR) is 73.7 cm³/mol. The molecule has 1 aromatic carbocycles. The number of benzene rings is 1. The Kier molecular flexibility index (Phi) is 5.86. The van der Waals surface area contributed by atoms with E-state index in [9.17, 15) is 4.79 Å². The van der Waals surface area contributed by atoms with Gasteiger partial charge >= 0.3 is 5.97 Å². The first-order chi connectivity index (χ1) is 8.50. The fourth-order valence-electron chi connectivity index (χ4n) is 1.91. The topological polar surface area (TPSA) is 40.5 Å². The maximum absolute atomic E-state index is 10.9. The van der Waals surface area contributed by atoms with E-state index in [1.807, 2.05) is 18.2 Å². The lowest BCUT2D eigenvalue weighted by Gasteiger charge is -2.28. The minimum absolute atomic E-state index is 0.317. The highest BCUT2D eigenvalue weighted by Gasteiger charge is 2.17. The highest BCUT2D eigenvalue weighted by Crippen LogP contribution is 2.08. The molecule has 0 saturated carbocycles. The number of nitrogens with zero attached hydrogens (tertiary/aromatic N) is 1. The van der Waals surface area contributed by atoms with Gasteiger partial charge in [0, 0.05) is 19.1 Å². The summed E-state index contributed by atoms with van der Waals surface area (Å²) in [5.41, 5.74) is 1.30. The fourth-order valence-corrected chi connectivity index (χ4v) is 1.91. The molecule has 100 valence electrons. The summed E-state index contributed by atoms with van der Waals surface area (Å²) < 4.78 is 0. The Morgan fingerprint density at radius 2 is 1.83 bits per heavy atom. The van der Waals surface area contributed by atoms with Crippen LogP contribution in [-0.2, 0) is 11.2 Å². The van der Waals surface area contributed by atoms with Gasteiger partial charge in [-0.2, -0.15) is 0 Å². The van der Waals surface area contributed by atoms with Gasteiger partial charge in [-0.1, -0.05) is 37.3 Å². The molecule has 3 nitrogen and oxygen atoms in total. The number of rotatable bonds is 7. The Balaban J connectivity index is 2.51. The number of hydrogen-bond donors (Lipinski definition) is 1. The average Bonchev–Trinajstić information content (AvgIpc) is 2.34. The summed E-state index contributed by atoms with van der Waals surface area (Å²) in [7, 11) is 0. The first-order valence-corrected chi connectivity index (χ1v) is 6.51. The lowest BCUT2D eigenvalue weighted by atomic mass is 10.1. The summed E-state index contributed by atoms with van der Waals surface area (Å²) in [5, 5.41) is 8.97. The van der Waals surface area contributed by atoms with Crippen molar-refractivity contribution in [2.24, 2.45) is 5.92 Å². The largest absolute Gasteiger partial charge is 0.481 e. The molecule has 1 unspecified atom stereocenters. The van der Waals surface area contributed by atoms with Gasteiger partial charge in [0.25, 0.3) is 0 Å². The van der Waals surface area contributed by atoms with Gasteiger partial charge < -0.3 is 5.11 Å². The van der Waals surface area contributed by atoms with Crippen LogP contribution in [-0.4, -0.2) is 35.1 Å². The van der Waals surface area contributed by atoms with Crippen LogP contribution in [0.15, 0.2) is 30.3 Å². The number of aliphatic carboxylic acids is 1. The van der Waals surface area contributed by atoms with E-state index in [0.29, 0.717) is 12.6 Å². The molecule has 0 saturated heterocycles. The fraction of sp³-hybridized carbons (Fsp3) is 0.533. The molecule has 1 N–H and O–H groups in total. The van der Waals surface area contributed by atoms with E-state index in [-0.39, 0.29) is 5.92 Å². The minimum atomic E-state index is -0.722. The highest BCUT2D eigenvalue weighted by molar-refractivity contribution is 5.69. The molecule has 0 fully saturated rings. The molecule has 1 aromatic rings. The van der Waals surface area contributed by atoms with Crippen molar-refractivity contribution >= 4 is 5.97 Å². The lowest BCUT2D eigenvalue weighted by Crippen LogP contribution is -2.38. The van der Waals surface area contributed by atoms with Crippen molar-refractivity contribution in [3.8, 4) is 0 Å². The maximum Gasteiger partial charge on any atom is 0.307 e. The van der Waals surface area contributed by atoms with Gasteiger partial charge in [0.2, 0.25) is 0 Å². The van der Waals surface area contributed by atoms with Crippen molar-refractivity contribution in [3.05, 3.63) is 35.9 Å². The van der Waals surface area contributed by atoms with Crippen LogP contribution in [0.25, 0.3) is 0 Å². The number of carboxylic acid groups (broad SMARTS) is 1. The monoisotopic (exact) mass is 249 g/mol. The zero-order chi connectivity index (χ0) is 13.5. The van der Waals surface area contributed by atoms with Gasteiger partial charge in [-0.25, -0.2) is 0 Å². The smallest absolute Gasteiger partial charge is 0.307 e. The Labute approximate surface area is 109 Å². The number of hydrogen-bond acceptors (Lipinski definition) is 2. The second-order valence-electron chi connectivity index (χ2n) is 5.06. The summed E-state index contributed by atoms with van der Waals surface area (Å²) in [4.78, 5) is 13.1. The normalized spacial score (nSPS) is 12.9. The van der Waals surface area contributed by atoms with Gasteiger partial charge in [-0.3, -0.25) is 9.69 Å². The van der Waals surface area contributed by atoms with E-state index >= 15 is 0 Å². The van der Waals surface area contributed by atoms with Crippen LogP contribution in [0.1, 0.15) is 26.3 Å². The average molecular weight is 249 g/mol. The Bertz CT molecular complexity index is 362. The molecule has 1 rings (SSSR count). The minimum Gasteiger partial charge on any atom is -0.481 e. The molecule has 0 radical (unpaired) electrons. The molecule has 0 aromatic heterocycles. The summed E-state index contributed by atoms with van der Waals surface area (Å²) in [5.74, 6) is -1.04. The van der Waals surface area contributed by atoms with Crippen LogP contribution in [0.5, 0.6) is 0 Å². The SMILES string of the molecule is CC(CN(CCc1ccccc1)C(C)C)C(=O)O. The second kappa shape index (κ2) is 7.17. The third kappa shape index (κ3) is 4.88. The first kappa shape index (κ1) is 14.7. The van der Waals surface area contributed by atoms with E-state index < -0.39 is 5.97 Å². The van der Waals surface area contributed by atoms with Crippen molar-refractivity contribution in [3.63, 3.8) is 0 Å². The second-order valence-corrected chi connectivity index (χ2v) is 5.06. The summed E-state index contributed by atoms with van der Waals surface area (Å²) in [6, 6.07) is 10.7. The maximum atomic E-state index is 10.9. The van der Waals surface area contributed by atoms with E-state index in [2.05, 4.69) is 30.9 Å². The van der Waals surface area contributed by atoms with Gasteiger partial charge in [0.15, 0.2) is 0 Å². The van der Waals surface area contributed by atoms with Crippen LogP contribution in [0.3, 0.4) is 0 Å². The Morgan fingerprint density at radius 1 is 1.22 bits per heavy atom. The molecule has 0 amide bonds. The zero-order valence-electron chi connectivity index (χ0n) is 11.5. The molecular formula is C15H23NO2. The van der Waals surface area contributed by atoms with E-state index in [1.165, 1.54) is 5.56 Å². The van der Waals surface area contributed by atoms with Crippen molar-refractivity contribution in [2.45, 2.75) is 33.2 Å². The van der Waals surface area contributed by atoms with Gasteiger partial charge in [0.1, 0.15) is 0 Å². The third-order valence-corrected chi connectivity index (χ3v) is 3.19. The van der Waals surface area contributed by atoms with Crippen LogP contribution in [0, 0.1) is 5.92 Å².